The number of benzene rings is 1. The van der Waals surface area contributed by atoms with Gasteiger partial charge in [0.1, 0.15) is 6.17 Å². The molecule has 0 saturated heterocycles. The molecule has 2 N–H and O–H groups in total. The first kappa shape index (κ1) is 14.1. The van der Waals surface area contributed by atoms with E-state index in [-0.39, 0.29) is 0 Å². The second-order valence-electron chi connectivity index (χ2n) is 5.28. The first-order valence-corrected chi connectivity index (χ1v) is 6.71. The van der Waals surface area contributed by atoms with Gasteiger partial charge in [0.25, 0.3) is 0 Å². The van der Waals surface area contributed by atoms with Gasteiger partial charge in [0.15, 0.2) is 11.5 Å². The topological polar surface area (TPSA) is 44.5 Å². The van der Waals surface area contributed by atoms with Crippen molar-refractivity contribution in [2.75, 3.05) is 14.2 Å². The Hall–Kier alpha value is -1.29. The summed E-state index contributed by atoms with van der Waals surface area (Å²) in [5.74, 6) is 1.19. The van der Waals surface area contributed by atoms with E-state index in [1.165, 1.54) is 6.92 Å². The lowest BCUT2D eigenvalue weighted by molar-refractivity contribution is 0.330. The molecule has 1 aromatic carbocycles. The van der Waals surface area contributed by atoms with E-state index in [2.05, 4.69) is 0 Å². The summed E-state index contributed by atoms with van der Waals surface area (Å²) in [5, 5.41) is 0. The number of hydrogen-bond donors (Lipinski definition) is 1. The van der Waals surface area contributed by atoms with Crippen molar-refractivity contribution in [2.24, 2.45) is 5.73 Å². The molecule has 0 aromatic heterocycles. The molecular formula is C15H22FNO2. The maximum Gasteiger partial charge on any atom is 0.165 e. The molecule has 0 bridgehead atoms. The van der Waals surface area contributed by atoms with Crippen LogP contribution in [0.5, 0.6) is 11.5 Å². The molecular weight excluding hydrogens is 245 g/mol. The van der Waals surface area contributed by atoms with Gasteiger partial charge in [-0.05, 0) is 37.5 Å². The van der Waals surface area contributed by atoms with E-state index < -0.39 is 11.7 Å². The summed E-state index contributed by atoms with van der Waals surface area (Å²) < 4.78 is 24.4. The number of methoxy groups -OCH3 is 2. The Morgan fingerprint density at radius 3 is 2.32 bits per heavy atom. The number of halogens is 1. The van der Waals surface area contributed by atoms with Crippen molar-refractivity contribution in [3.63, 3.8) is 0 Å². The number of ether oxygens (including phenoxy) is 2. The van der Waals surface area contributed by atoms with Crippen LogP contribution in [-0.2, 0) is 5.54 Å². The fourth-order valence-corrected chi connectivity index (χ4v) is 2.86. The Morgan fingerprint density at radius 1 is 1.21 bits per heavy atom. The highest BCUT2D eigenvalue weighted by molar-refractivity contribution is 5.53. The van der Waals surface area contributed by atoms with Crippen LogP contribution in [0, 0.1) is 0 Å². The van der Waals surface area contributed by atoms with Gasteiger partial charge in [-0.3, -0.25) is 0 Å². The smallest absolute Gasteiger partial charge is 0.165 e. The zero-order chi connectivity index (χ0) is 14.0. The summed E-state index contributed by atoms with van der Waals surface area (Å²) in [6, 6.07) is 3.52. The molecule has 1 atom stereocenters. The maximum absolute atomic E-state index is 13.6. The largest absolute Gasteiger partial charge is 0.493 e. The van der Waals surface area contributed by atoms with Gasteiger partial charge >= 0.3 is 0 Å². The zero-order valence-corrected chi connectivity index (χ0v) is 11.8. The molecule has 0 radical (unpaired) electrons. The van der Waals surface area contributed by atoms with Crippen LogP contribution < -0.4 is 15.2 Å². The van der Waals surface area contributed by atoms with Gasteiger partial charge in [-0.1, -0.05) is 12.8 Å². The number of hydrogen-bond acceptors (Lipinski definition) is 3. The highest BCUT2D eigenvalue weighted by Gasteiger charge is 2.35. The number of nitrogens with two attached hydrogens (primary N) is 1. The van der Waals surface area contributed by atoms with Gasteiger partial charge < -0.3 is 15.2 Å². The van der Waals surface area contributed by atoms with Crippen LogP contribution in [0.15, 0.2) is 12.1 Å². The van der Waals surface area contributed by atoms with E-state index in [9.17, 15) is 4.39 Å². The van der Waals surface area contributed by atoms with Crippen molar-refractivity contribution in [1.29, 1.82) is 0 Å². The van der Waals surface area contributed by atoms with Gasteiger partial charge in [0.2, 0.25) is 0 Å². The van der Waals surface area contributed by atoms with Crippen LogP contribution in [0.2, 0.25) is 0 Å². The van der Waals surface area contributed by atoms with E-state index in [1.807, 2.05) is 6.07 Å². The minimum absolute atomic E-state index is 0.427. The molecule has 19 heavy (non-hydrogen) atoms. The van der Waals surface area contributed by atoms with Crippen LogP contribution in [-0.4, -0.2) is 14.2 Å². The molecule has 0 heterocycles. The summed E-state index contributed by atoms with van der Waals surface area (Å²) in [6.07, 6.45) is 2.94. The van der Waals surface area contributed by atoms with Crippen molar-refractivity contribution in [3.05, 3.63) is 23.3 Å². The number of alkyl halides is 1. The summed E-state index contributed by atoms with van der Waals surface area (Å²) in [5.41, 5.74) is 7.52. The molecule has 1 aliphatic carbocycles. The molecule has 3 nitrogen and oxygen atoms in total. The zero-order valence-electron chi connectivity index (χ0n) is 11.8. The van der Waals surface area contributed by atoms with Gasteiger partial charge in [-0.2, -0.15) is 0 Å². The third kappa shape index (κ3) is 2.54. The molecule has 0 aliphatic heterocycles. The van der Waals surface area contributed by atoms with Gasteiger partial charge in [0.05, 0.1) is 14.2 Å². The first-order valence-electron chi connectivity index (χ1n) is 6.71. The van der Waals surface area contributed by atoms with Crippen molar-refractivity contribution >= 4 is 0 Å². The van der Waals surface area contributed by atoms with Crippen LogP contribution >= 0.6 is 0 Å². The second-order valence-corrected chi connectivity index (χ2v) is 5.28. The fourth-order valence-electron chi connectivity index (χ4n) is 2.86. The molecule has 1 aliphatic rings. The van der Waals surface area contributed by atoms with Crippen molar-refractivity contribution < 1.29 is 13.9 Å². The fraction of sp³-hybridized carbons (Fsp3) is 0.600. The van der Waals surface area contributed by atoms with E-state index in [4.69, 9.17) is 15.2 Å². The Balaban J connectivity index is 2.58. The molecule has 1 aromatic rings. The van der Waals surface area contributed by atoms with E-state index >= 15 is 0 Å². The summed E-state index contributed by atoms with van der Waals surface area (Å²) in [7, 11) is 3.16. The quantitative estimate of drug-likeness (QED) is 0.908. The normalized spacial score (nSPS) is 19.2. The molecule has 0 spiro atoms. The van der Waals surface area contributed by atoms with Gasteiger partial charge in [0, 0.05) is 11.1 Å². The highest BCUT2D eigenvalue weighted by atomic mass is 19.1. The van der Waals surface area contributed by atoms with E-state index in [1.54, 1.807) is 20.3 Å². The molecule has 2 rings (SSSR count). The SMILES string of the molecule is COc1cc(C(C)F)cc(C2(N)CCCC2)c1OC. The van der Waals surface area contributed by atoms with Crippen LogP contribution in [0.4, 0.5) is 4.39 Å². The Kier molecular flexibility index (Phi) is 3.99. The van der Waals surface area contributed by atoms with Crippen molar-refractivity contribution in [1.82, 2.24) is 0 Å². The lowest BCUT2D eigenvalue weighted by atomic mass is 9.86. The van der Waals surface area contributed by atoms with Gasteiger partial charge in [-0.25, -0.2) is 4.39 Å². The van der Waals surface area contributed by atoms with Crippen LogP contribution in [0.3, 0.4) is 0 Å². The molecule has 1 fully saturated rings. The first-order chi connectivity index (χ1) is 9.01. The minimum atomic E-state index is -1.05. The predicted molar refractivity (Wildman–Crippen MR) is 73.4 cm³/mol. The monoisotopic (exact) mass is 267 g/mol. The molecule has 1 unspecified atom stereocenters. The van der Waals surface area contributed by atoms with E-state index in [0.717, 1.165) is 31.2 Å². The van der Waals surface area contributed by atoms with Crippen LogP contribution in [0.25, 0.3) is 0 Å². The lowest BCUT2D eigenvalue weighted by Crippen LogP contribution is -2.33. The molecule has 106 valence electrons. The summed E-state index contributed by atoms with van der Waals surface area (Å²) in [6.45, 7) is 1.52. The number of rotatable bonds is 4. The van der Waals surface area contributed by atoms with Gasteiger partial charge in [-0.15, -0.1) is 0 Å². The summed E-state index contributed by atoms with van der Waals surface area (Å²) in [4.78, 5) is 0. The third-order valence-electron chi connectivity index (χ3n) is 3.99. The molecule has 1 saturated carbocycles. The van der Waals surface area contributed by atoms with Crippen molar-refractivity contribution in [2.45, 2.75) is 44.3 Å². The highest BCUT2D eigenvalue weighted by Crippen LogP contribution is 2.45. The van der Waals surface area contributed by atoms with E-state index in [0.29, 0.717) is 17.1 Å². The Labute approximate surface area is 113 Å². The predicted octanol–water partition coefficient (Wildman–Crippen LogP) is 3.46. The Morgan fingerprint density at radius 2 is 1.84 bits per heavy atom. The third-order valence-corrected chi connectivity index (χ3v) is 3.99. The standard InChI is InChI=1S/C15H22FNO2/c1-10(16)11-8-12(15(17)6-4-5-7-15)14(19-3)13(9-11)18-2/h8-10H,4-7,17H2,1-3H3. The minimum Gasteiger partial charge on any atom is -0.493 e. The molecule has 4 heteroatoms. The Bertz CT molecular complexity index is 454. The molecule has 0 amide bonds. The second kappa shape index (κ2) is 5.37. The average molecular weight is 267 g/mol. The lowest BCUT2D eigenvalue weighted by Gasteiger charge is -2.28. The summed E-state index contributed by atoms with van der Waals surface area (Å²) >= 11 is 0. The average Bonchev–Trinajstić information content (AvgIpc) is 2.85. The van der Waals surface area contributed by atoms with Crippen LogP contribution in [0.1, 0.15) is 49.9 Å². The van der Waals surface area contributed by atoms with Crippen molar-refractivity contribution in [3.8, 4) is 11.5 Å². The maximum atomic E-state index is 13.6.